The zero-order valence-electron chi connectivity index (χ0n) is 20.2. The first-order valence-electron chi connectivity index (χ1n) is 11.5. The fraction of sp³-hybridized carbons (Fsp3) is 0.192. The first-order chi connectivity index (χ1) is 18.2. The number of thiazole rings is 1. The second kappa shape index (κ2) is 12.3. The van der Waals surface area contributed by atoms with Gasteiger partial charge in [-0.3, -0.25) is 18.9 Å². The van der Waals surface area contributed by atoms with Crippen molar-refractivity contribution in [1.82, 2.24) is 10.3 Å². The van der Waals surface area contributed by atoms with Crippen LogP contribution in [0.5, 0.6) is 0 Å². The molecule has 0 radical (unpaired) electrons. The second-order valence-corrected chi connectivity index (χ2v) is 11.2. The summed E-state index contributed by atoms with van der Waals surface area (Å²) in [5.41, 5.74) is 3.55. The molecule has 3 N–H and O–H groups in total. The number of esters is 1. The van der Waals surface area contributed by atoms with Gasteiger partial charge in [-0.15, -0.1) is 11.3 Å². The molecule has 0 aliphatic carbocycles. The van der Waals surface area contributed by atoms with Gasteiger partial charge in [-0.25, -0.2) is 4.98 Å². The molecule has 1 amide bonds. The number of ether oxygens (including phenoxy) is 1. The SMILES string of the molecule is COC(=O)[C@@H](Cc1ccccc1)C(=O)N[C@@H](Cc1ccc(NS(=O)(=O)O)cc1)c1nc(-c2ccsc2)cs1. The minimum Gasteiger partial charge on any atom is -0.468 e. The molecule has 2 aromatic carbocycles. The molecule has 2 heterocycles. The van der Waals surface area contributed by atoms with Crippen LogP contribution in [-0.2, 0) is 37.5 Å². The average Bonchev–Trinajstić information content (AvgIpc) is 3.60. The molecule has 0 saturated carbocycles. The fourth-order valence-corrected chi connectivity index (χ4v) is 5.79. The topological polar surface area (TPSA) is 135 Å². The monoisotopic (exact) mass is 571 g/mol. The fourth-order valence-electron chi connectivity index (χ4n) is 3.83. The summed E-state index contributed by atoms with van der Waals surface area (Å²) in [5.74, 6) is -2.17. The Kier molecular flexibility index (Phi) is 8.89. The van der Waals surface area contributed by atoms with Gasteiger partial charge in [0, 0.05) is 16.3 Å². The first-order valence-corrected chi connectivity index (χ1v) is 14.7. The van der Waals surface area contributed by atoms with Crippen LogP contribution >= 0.6 is 22.7 Å². The molecular formula is C26H25N3O6S3. The van der Waals surface area contributed by atoms with Crippen LogP contribution in [0.15, 0.2) is 76.8 Å². The summed E-state index contributed by atoms with van der Waals surface area (Å²) in [6.07, 6.45) is 0.508. The van der Waals surface area contributed by atoms with E-state index in [4.69, 9.17) is 14.3 Å². The largest absolute Gasteiger partial charge is 0.468 e. The van der Waals surface area contributed by atoms with E-state index in [9.17, 15) is 18.0 Å². The zero-order chi connectivity index (χ0) is 27.1. The van der Waals surface area contributed by atoms with Gasteiger partial charge in [-0.2, -0.15) is 19.8 Å². The summed E-state index contributed by atoms with van der Waals surface area (Å²) >= 11 is 2.95. The Morgan fingerprint density at radius 1 is 1.00 bits per heavy atom. The number of hydrogen-bond donors (Lipinski definition) is 3. The lowest BCUT2D eigenvalue weighted by molar-refractivity contribution is -0.150. The van der Waals surface area contributed by atoms with Gasteiger partial charge < -0.3 is 10.1 Å². The van der Waals surface area contributed by atoms with Crippen molar-refractivity contribution < 1.29 is 27.3 Å². The van der Waals surface area contributed by atoms with Crippen molar-refractivity contribution in [3.63, 3.8) is 0 Å². The van der Waals surface area contributed by atoms with Gasteiger partial charge in [0.05, 0.1) is 24.5 Å². The normalized spacial score (nSPS) is 12.9. The predicted octanol–water partition coefficient (Wildman–Crippen LogP) is 4.52. The molecule has 0 aliphatic rings. The van der Waals surface area contributed by atoms with E-state index in [1.54, 1.807) is 23.5 Å². The Bertz CT molecular complexity index is 1470. The number of carbonyl (C=O) groups excluding carboxylic acids is 2. The number of aromatic nitrogens is 1. The average molecular weight is 572 g/mol. The van der Waals surface area contributed by atoms with Crippen LogP contribution in [0.3, 0.4) is 0 Å². The molecule has 0 fully saturated rings. The van der Waals surface area contributed by atoms with Gasteiger partial charge in [-0.1, -0.05) is 42.5 Å². The van der Waals surface area contributed by atoms with Gasteiger partial charge in [0.2, 0.25) is 5.91 Å². The highest BCUT2D eigenvalue weighted by molar-refractivity contribution is 7.87. The number of nitrogens with zero attached hydrogens (tertiary/aromatic N) is 1. The lowest BCUT2D eigenvalue weighted by Crippen LogP contribution is -2.40. The number of rotatable bonds is 11. The molecule has 0 unspecified atom stereocenters. The van der Waals surface area contributed by atoms with E-state index in [-0.39, 0.29) is 12.1 Å². The molecule has 0 saturated heterocycles. The number of amides is 1. The molecule has 0 spiro atoms. The molecule has 12 heteroatoms. The molecule has 2 atom stereocenters. The summed E-state index contributed by atoms with van der Waals surface area (Å²) in [7, 11) is -3.14. The van der Waals surface area contributed by atoms with Crippen molar-refractivity contribution in [2.24, 2.45) is 5.92 Å². The van der Waals surface area contributed by atoms with E-state index < -0.39 is 34.1 Å². The maximum absolute atomic E-state index is 13.4. The molecule has 198 valence electrons. The van der Waals surface area contributed by atoms with Gasteiger partial charge in [-0.05, 0) is 47.5 Å². The molecule has 38 heavy (non-hydrogen) atoms. The van der Waals surface area contributed by atoms with Crippen LogP contribution in [0, 0.1) is 5.92 Å². The highest BCUT2D eigenvalue weighted by Crippen LogP contribution is 2.29. The van der Waals surface area contributed by atoms with Crippen LogP contribution in [-0.4, -0.2) is 36.9 Å². The van der Waals surface area contributed by atoms with Gasteiger partial charge in [0.1, 0.15) is 10.9 Å². The van der Waals surface area contributed by atoms with Gasteiger partial charge in [0.15, 0.2) is 0 Å². The Hall–Kier alpha value is -3.58. The zero-order valence-corrected chi connectivity index (χ0v) is 22.7. The van der Waals surface area contributed by atoms with Crippen molar-refractivity contribution in [3.8, 4) is 11.3 Å². The summed E-state index contributed by atoms with van der Waals surface area (Å²) in [4.78, 5) is 30.8. The smallest absolute Gasteiger partial charge is 0.357 e. The van der Waals surface area contributed by atoms with E-state index in [1.807, 2.05) is 57.3 Å². The lowest BCUT2D eigenvalue weighted by Gasteiger charge is -2.21. The number of methoxy groups -OCH3 is 1. The van der Waals surface area contributed by atoms with Crippen molar-refractivity contribution >= 4 is 50.5 Å². The summed E-state index contributed by atoms with van der Waals surface area (Å²) in [6.45, 7) is 0. The summed E-state index contributed by atoms with van der Waals surface area (Å²) < 4.78 is 38.1. The Balaban J connectivity index is 1.59. The third kappa shape index (κ3) is 7.48. The Morgan fingerprint density at radius 2 is 1.71 bits per heavy atom. The van der Waals surface area contributed by atoms with Crippen molar-refractivity contribution in [2.75, 3.05) is 11.8 Å². The van der Waals surface area contributed by atoms with Crippen molar-refractivity contribution in [3.05, 3.63) is 92.9 Å². The van der Waals surface area contributed by atoms with E-state index >= 15 is 0 Å². The minimum absolute atomic E-state index is 0.181. The Labute approximate surface area is 228 Å². The van der Waals surface area contributed by atoms with E-state index in [0.717, 1.165) is 22.4 Å². The number of thiophene rings is 1. The third-order valence-corrected chi connectivity index (χ3v) is 7.81. The van der Waals surface area contributed by atoms with Crippen LogP contribution < -0.4 is 10.0 Å². The third-order valence-electron chi connectivity index (χ3n) is 5.68. The quantitative estimate of drug-likeness (QED) is 0.137. The van der Waals surface area contributed by atoms with Crippen molar-refractivity contribution in [2.45, 2.75) is 18.9 Å². The molecule has 0 bridgehead atoms. The molecule has 4 rings (SSSR count). The highest BCUT2D eigenvalue weighted by atomic mass is 32.2. The number of carbonyl (C=O) groups is 2. The molecule has 9 nitrogen and oxygen atoms in total. The van der Waals surface area contributed by atoms with Gasteiger partial charge in [0.25, 0.3) is 0 Å². The molecular weight excluding hydrogens is 547 g/mol. The first kappa shape index (κ1) is 27.5. The lowest BCUT2D eigenvalue weighted by atomic mass is 9.97. The Morgan fingerprint density at radius 3 is 2.34 bits per heavy atom. The van der Waals surface area contributed by atoms with E-state index in [2.05, 4.69) is 5.32 Å². The number of benzene rings is 2. The highest BCUT2D eigenvalue weighted by Gasteiger charge is 2.31. The summed E-state index contributed by atoms with van der Waals surface area (Å²) in [6, 6.07) is 17.0. The predicted molar refractivity (Wildman–Crippen MR) is 147 cm³/mol. The molecule has 2 aromatic heterocycles. The number of nitrogens with one attached hydrogen (secondary N) is 2. The van der Waals surface area contributed by atoms with Crippen LogP contribution in [0.4, 0.5) is 5.69 Å². The second-order valence-electron chi connectivity index (χ2n) is 8.39. The number of hydrogen-bond acceptors (Lipinski definition) is 8. The number of anilines is 1. The van der Waals surface area contributed by atoms with E-state index in [1.165, 1.54) is 30.6 Å². The van der Waals surface area contributed by atoms with Crippen molar-refractivity contribution in [1.29, 1.82) is 0 Å². The van der Waals surface area contributed by atoms with Crippen LogP contribution in [0.25, 0.3) is 11.3 Å². The maximum Gasteiger partial charge on any atom is 0.357 e. The van der Waals surface area contributed by atoms with E-state index in [0.29, 0.717) is 11.4 Å². The maximum atomic E-state index is 13.4. The molecule has 4 aromatic rings. The van der Waals surface area contributed by atoms with Gasteiger partial charge >= 0.3 is 16.3 Å². The minimum atomic E-state index is -4.40. The van der Waals surface area contributed by atoms with Crippen LogP contribution in [0.2, 0.25) is 0 Å². The standard InChI is InChI=1S/C26H25N3O6S3/c1-35-26(31)21(13-17-5-3-2-4-6-17)24(30)27-22(25-28-23(16-37-25)19-11-12-36-15-19)14-18-7-9-20(10-8-18)29-38(32,33)34/h2-12,15-16,21-22,29H,13-14H2,1H3,(H,27,30)(H,32,33,34)/t21-,22-/m0/s1. The molecule has 0 aliphatic heterocycles. The van der Waals surface area contributed by atoms with Crippen LogP contribution in [0.1, 0.15) is 22.2 Å². The summed E-state index contributed by atoms with van der Waals surface area (Å²) in [5, 5.41) is 9.50.